The van der Waals surface area contributed by atoms with Crippen molar-refractivity contribution in [3.8, 4) is 0 Å². The molecule has 0 aromatic carbocycles. The predicted molar refractivity (Wildman–Crippen MR) is 120 cm³/mol. The van der Waals surface area contributed by atoms with Gasteiger partial charge in [-0.1, -0.05) is 69.1 Å². The molecule has 0 aliphatic heterocycles. The van der Waals surface area contributed by atoms with Crippen LogP contribution in [0.15, 0.2) is 34.4 Å². The second-order valence-corrected chi connectivity index (χ2v) is 10.4. The normalized spacial score (nSPS) is 23.1. The monoisotopic (exact) mass is 394 g/mol. The Bertz CT molecular complexity index is 610. The molecule has 0 heterocycles. The summed E-state index contributed by atoms with van der Waals surface area (Å²) >= 11 is -1.76. The van der Waals surface area contributed by atoms with Crippen molar-refractivity contribution in [2.45, 2.75) is 99.2 Å². The molecule has 2 nitrogen and oxygen atoms in total. The van der Waals surface area contributed by atoms with Crippen molar-refractivity contribution < 1.29 is 8.76 Å². The molecule has 1 aliphatic carbocycles. The first-order chi connectivity index (χ1) is 12.5. The van der Waals surface area contributed by atoms with Crippen LogP contribution in [0.1, 0.15) is 93.9 Å². The van der Waals surface area contributed by atoms with Gasteiger partial charge in [-0.2, -0.15) is 0 Å². The van der Waals surface area contributed by atoms with Gasteiger partial charge in [-0.05, 0) is 76.5 Å². The van der Waals surface area contributed by atoms with E-state index in [1.165, 1.54) is 30.4 Å². The maximum Gasteiger partial charge on any atom is 0.159 e. The molecule has 27 heavy (non-hydrogen) atoms. The quantitative estimate of drug-likeness (QED) is 0.325. The fourth-order valence-electron chi connectivity index (χ4n) is 4.72. The van der Waals surface area contributed by atoms with Crippen molar-refractivity contribution in [3.05, 3.63) is 34.4 Å². The molecule has 0 saturated carbocycles. The van der Waals surface area contributed by atoms with E-state index in [1.807, 2.05) is 13.0 Å². The van der Waals surface area contributed by atoms with E-state index in [9.17, 15) is 8.76 Å². The first-order valence-corrected chi connectivity index (χ1v) is 11.8. The zero-order valence-electron chi connectivity index (χ0n) is 18.9. The third-order valence-corrected chi connectivity index (χ3v) is 7.59. The fraction of sp³-hybridized carbons (Fsp3) is 0.750. The van der Waals surface area contributed by atoms with Crippen LogP contribution in [0.3, 0.4) is 0 Å². The summed E-state index contributed by atoms with van der Waals surface area (Å²) in [6, 6.07) is 0. The van der Waals surface area contributed by atoms with Gasteiger partial charge in [0.05, 0.1) is 5.25 Å². The van der Waals surface area contributed by atoms with Gasteiger partial charge < -0.3 is 4.55 Å². The van der Waals surface area contributed by atoms with Crippen molar-refractivity contribution in [3.63, 3.8) is 0 Å². The van der Waals surface area contributed by atoms with Crippen LogP contribution >= 0.6 is 0 Å². The third-order valence-electron chi connectivity index (χ3n) is 6.60. The van der Waals surface area contributed by atoms with Crippen molar-refractivity contribution in [1.82, 2.24) is 0 Å². The van der Waals surface area contributed by atoms with Crippen molar-refractivity contribution in [1.29, 1.82) is 0 Å². The summed E-state index contributed by atoms with van der Waals surface area (Å²) in [4.78, 5) is 0. The molecular weight excluding hydrogens is 352 g/mol. The first kappa shape index (κ1) is 24.4. The number of allylic oxidation sites excluding steroid dienone is 5. The molecule has 0 radical (unpaired) electrons. The Morgan fingerprint density at radius 3 is 2.44 bits per heavy atom. The molecule has 4 atom stereocenters. The van der Waals surface area contributed by atoms with Crippen molar-refractivity contribution >= 4 is 11.1 Å². The molecule has 1 rings (SSSR count). The highest BCUT2D eigenvalue weighted by molar-refractivity contribution is 7.80. The van der Waals surface area contributed by atoms with Gasteiger partial charge in [-0.3, -0.25) is 0 Å². The lowest BCUT2D eigenvalue weighted by atomic mass is 9.65. The highest BCUT2D eigenvalue weighted by Gasteiger charge is 2.33. The second-order valence-electron chi connectivity index (χ2n) is 9.23. The maximum absolute atomic E-state index is 11.3. The molecule has 1 N–H and O–H groups in total. The lowest BCUT2D eigenvalue weighted by Crippen LogP contribution is -2.28. The molecule has 1 aliphatic rings. The summed E-state index contributed by atoms with van der Waals surface area (Å²) in [5, 5.41) is -0.238. The minimum absolute atomic E-state index is 0.238. The summed E-state index contributed by atoms with van der Waals surface area (Å²) in [6.07, 6.45) is 10.9. The minimum atomic E-state index is -1.76. The number of rotatable bonds is 9. The summed E-state index contributed by atoms with van der Waals surface area (Å²) in [5.74, 6) is 1.12. The summed E-state index contributed by atoms with van der Waals surface area (Å²) < 4.78 is 20.6. The van der Waals surface area contributed by atoms with E-state index in [0.717, 1.165) is 12.8 Å². The molecule has 0 spiro atoms. The van der Waals surface area contributed by atoms with Crippen LogP contribution in [0.25, 0.3) is 0 Å². The summed E-state index contributed by atoms with van der Waals surface area (Å²) in [7, 11) is 0. The molecule has 0 aromatic heterocycles. The fourth-order valence-corrected chi connectivity index (χ4v) is 5.36. The average Bonchev–Trinajstić information content (AvgIpc) is 2.57. The molecule has 4 unspecified atom stereocenters. The van der Waals surface area contributed by atoms with Gasteiger partial charge in [0.1, 0.15) is 0 Å². The highest BCUT2D eigenvalue weighted by Crippen LogP contribution is 2.46. The molecule has 0 aromatic rings. The van der Waals surface area contributed by atoms with E-state index < -0.39 is 11.1 Å². The Balaban J connectivity index is 2.76. The Morgan fingerprint density at radius 1 is 1.30 bits per heavy atom. The second kappa shape index (κ2) is 10.8. The predicted octanol–water partition coefficient (Wildman–Crippen LogP) is 7.46. The first-order valence-electron chi connectivity index (χ1n) is 10.6. The van der Waals surface area contributed by atoms with E-state index in [2.05, 4.69) is 54.5 Å². The molecule has 3 heteroatoms. The van der Waals surface area contributed by atoms with Crippen LogP contribution in [0.4, 0.5) is 0 Å². The summed E-state index contributed by atoms with van der Waals surface area (Å²) in [5.41, 5.74) is 6.29. The zero-order valence-corrected chi connectivity index (χ0v) is 19.7. The molecular formula is C24H42O2S. The third kappa shape index (κ3) is 7.02. The number of hydrogen-bond donors (Lipinski definition) is 1. The van der Waals surface area contributed by atoms with Gasteiger partial charge in [0.2, 0.25) is 0 Å². The lowest BCUT2D eigenvalue weighted by Gasteiger charge is -2.40. The molecule has 0 bridgehead atoms. The minimum Gasteiger partial charge on any atom is -0.306 e. The van der Waals surface area contributed by atoms with E-state index in [0.29, 0.717) is 23.7 Å². The van der Waals surface area contributed by atoms with Crippen molar-refractivity contribution in [2.75, 3.05) is 0 Å². The van der Waals surface area contributed by atoms with Crippen LogP contribution < -0.4 is 0 Å². The average molecular weight is 395 g/mol. The topological polar surface area (TPSA) is 37.3 Å². The van der Waals surface area contributed by atoms with E-state index in [1.54, 1.807) is 11.1 Å². The van der Waals surface area contributed by atoms with Crippen LogP contribution in [-0.2, 0) is 11.1 Å². The molecule has 0 fully saturated rings. The van der Waals surface area contributed by atoms with Gasteiger partial charge in [-0.25, -0.2) is 4.21 Å². The lowest BCUT2D eigenvalue weighted by molar-refractivity contribution is 0.304. The Hall–Kier alpha value is -0.670. The Labute approximate surface area is 170 Å². The Morgan fingerprint density at radius 2 is 1.93 bits per heavy atom. The van der Waals surface area contributed by atoms with Gasteiger partial charge in [-0.15, -0.1) is 0 Å². The van der Waals surface area contributed by atoms with Crippen LogP contribution in [0, 0.1) is 17.3 Å². The smallest absolute Gasteiger partial charge is 0.159 e. The van der Waals surface area contributed by atoms with E-state index in [4.69, 9.17) is 0 Å². The molecule has 156 valence electrons. The zero-order chi connectivity index (χ0) is 20.8. The largest absolute Gasteiger partial charge is 0.306 e. The van der Waals surface area contributed by atoms with E-state index in [-0.39, 0.29) is 5.25 Å². The van der Waals surface area contributed by atoms with Crippen molar-refractivity contribution in [2.24, 2.45) is 17.3 Å². The van der Waals surface area contributed by atoms with Crippen LogP contribution in [0.5, 0.6) is 0 Å². The van der Waals surface area contributed by atoms with Gasteiger partial charge in [0.15, 0.2) is 11.1 Å². The van der Waals surface area contributed by atoms with Gasteiger partial charge in [0.25, 0.3) is 0 Å². The maximum atomic E-state index is 11.3. The standard InChI is InChI=1S/C24H42O2S/c1-9-22(27(25)26)16-17(2)12-10-13-18(3)20(5)21(6)23-19(4)14-11-15-24(23,7)8/h13,16,20-22H,9-12,14-15H2,1-8H3,(H,25,26)/b17-16+,18-13+. The molecule has 0 saturated heterocycles. The van der Waals surface area contributed by atoms with Gasteiger partial charge in [0, 0.05) is 0 Å². The van der Waals surface area contributed by atoms with Gasteiger partial charge >= 0.3 is 0 Å². The van der Waals surface area contributed by atoms with Crippen LogP contribution in [-0.4, -0.2) is 14.0 Å². The number of hydrogen-bond acceptors (Lipinski definition) is 1. The van der Waals surface area contributed by atoms with E-state index >= 15 is 0 Å². The highest BCUT2D eigenvalue weighted by atomic mass is 32.2. The molecule has 0 amide bonds. The van der Waals surface area contributed by atoms with Crippen LogP contribution in [0.2, 0.25) is 0 Å². The SMILES string of the molecule is CCC(/C=C(\C)CC/C=C(\C)C(C)C(C)C1=C(C)CCCC1(C)C)S(=O)O. The summed E-state index contributed by atoms with van der Waals surface area (Å²) in [6.45, 7) is 18.2. The Kier molecular flexibility index (Phi) is 9.71.